The molecule has 0 aliphatic carbocycles. The Morgan fingerprint density at radius 3 is 2.27 bits per heavy atom. The maximum atomic E-state index is 8.96. The molecule has 0 aromatic rings. The summed E-state index contributed by atoms with van der Waals surface area (Å²) < 4.78 is 0. The van der Waals surface area contributed by atoms with Crippen LogP contribution in [0, 0.1) is 0 Å². The van der Waals surface area contributed by atoms with Crippen molar-refractivity contribution in [2.75, 3.05) is 18.1 Å². The van der Waals surface area contributed by atoms with E-state index in [2.05, 4.69) is 6.92 Å². The van der Waals surface area contributed by atoms with Gasteiger partial charge in [0, 0.05) is 5.54 Å². The third-order valence-electron chi connectivity index (χ3n) is 2.54. The van der Waals surface area contributed by atoms with Gasteiger partial charge in [-0.1, -0.05) is 26.2 Å². The number of thioether (sulfide) groups is 1. The molecular formula is C12H27NOS. The van der Waals surface area contributed by atoms with E-state index in [4.69, 9.17) is 10.8 Å². The molecule has 0 amide bonds. The summed E-state index contributed by atoms with van der Waals surface area (Å²) in [7, 11) is 0. The van der Waals surface area contributed by atoms with Crippen molar-refractivity contribution in [3.8, 4) is 0 Å². The molecule has 0 saturated carbocycles. The standard InChI is InChI=1S/C12H27NOS/c1-3-4-6-9-15-10-7-5-8-12(2,13)11-14/h14H,3-11,13H2,1-2H3. The number of aliphatic hydroxyl groups is 1. The van der Waals surface area contributed by atoms with E-state index in [1.807, 2.05) is 18.7 Å². The maximum Gasteiger partial charge on any atom is 0.0608 e. The molecule has 0 aromatic heterocycles. The number of nitrogens with two attached hydrogens (primary N) is 1. The molecule has 0 aliphatic rings. The first-order valence-electron chi connectivity index (χ1n) is 6.10. The second kappa shape index (κ2) is 9.49. The summed E-state index contributed by atoms with van der Waals surface area (Å²) in [4.78, 5) is 0. The predicted molar refractivity (Wildman–Crippen MR) is 70.4 cm³/mol. The van der Waals surface area contributed by atoms with E-state index in [1.54, 1.807) is 0 Å². The van der Waals surface area contributed by atoms with Crippen LogP contribution in [-0.4, -0.2) is 28.8 Å². The highest BCUT2D eigenvalue weighted by Crippen LogP contribution is 2.13. The highest BCUT2D eigenvalue weighted by Gasteiger charge is 2.15. The van der Waals surface area contributed by atoms with E-state index in [9.17, 15) is 0 Å². The van der Waals surface area contributed by atoms with Crippen molar-refractivity contribution in [3.63, 3.8) is 0 Å². The molecule has 2 nitrogen and oxygen atoms in total. The first-order valence-corrected chi connectivity index (χ1v) is 7.25. The van der Waals surface area contributed by atoms with Crippen LogP contribution in [0.3, 0.4) is 0 Å². The van der Waals surface area contributed by atoms with Gasteiger partial charge in [-0.25, -0.2) is 0 Å². The summed E-state index contributed by atoms with van der Waals surface area (Å²) >= 11 is 2.05. The lowest BCUT2D eigenvalue weighted by Crippen LogP contribution is -2.39. The lowest BCUT2D eigenvalue weighted by molar-refractivity contribution is 0.198. The number of hydrogen-bond acceptors (Lipinski definition) is 3. The lowest BCUT2D eigenvalue weighted by Gasteiger charge is -2.21. The summed E-state index contributed by atoms with van der Waals surface area (Å²) in [5.41, 5.74) is 5.47. The molecule has 0 rings (SSSR count). The number of hydrogen-bond donors (Lipinski definition) is 2. The molecule has 1 unspecified atom stereocenters. The van der Waals surface area contributed by atoms with E-state index < -0.39 is 0 Å². The number of aliphatic hydroxyl groups excluding tert-OH is 1. The van der Waals surface area contributed by atoms with Crippen LogP contribution in [0.25, 0.3) is 0 Å². The van der Waals surface area contributed by atoms with Crippen LogP contribution in [0.15, 0.2) is 0 Å². The van der Waals surface area contributed by atoms with Crippen molar-refractivity contribution in [1.29, 1.82) is 0 Å². The van der Waals surface area contributed by atoms with Crippen molar-refractivity contribution >= 4 is 11.8 Å². The Labute approximate surface area is 99.0 Å². The summed E-state index contributed by atoms with van der Waals surface area (Å²) in [6.07, 6.45) is 7.31. The second-order valence-electron chi connectivity index (χ2n) is 4.59. The van der Waals surface area contributed by atoms with E-state index >= 15 is 0 Å². The zero-order valence-corrected chi connectivity index (χ0v) is 11.1. The maximum absolute atomic E-state index is 8.96. The molecule has 0 aromatic carbocycles. The smallest absolute Gasteiger partial charge is 0.0608 e. The van der Waals surface area contributed by atoms with Gasteiger partial charge in [0.2, 0.25) is 0 Å². The Morgan fingerprint density at radius 2 is 1.73 bits per heavy atom. The minimum absolute atomic E-state index is 0.0939. The summed E-state index contributed by atoms with van der Waals surface area (Å²) in [6.45, 7) is 4.25. The van der Waals surface area contributed by atoms with E-state index in [1.165, 1.54) is 37.2 Å². The predicted octanol–water partition coefficient (Wildman–Crippen LogP) is 2.79. The third kappa shape index (κ3) is 10.6. The van der Waals surface area contributed by atoms with Crippen molar-refractivity contribution in [1.82, 2.24) is 0 Å². The van der Waals surface area contributed by atoms with Crippen LogP contribution in [0.5, 0.6) is 0 Å². The molecule has 3 heteroatoms. The molecule has 0 radical (unpaired) electrons. The third-order valence-corrected chi connectivity index (χ3v) is 3.69. The molecule has 3 N–H and O–H groups in total. The molecule has 0 spiro atoms. The first-order chi connectivity index (χ1) is 7.12. The largest absolute Gasteiger partial charge is 0.394 e. The molecule has 0 heterocycles. The molecule has 0 fully saturated rings. The van der Waals surface area contributed by atoms with Crippen molar-refractivity contribution in [2.24, 2.45) is 5.73 Å². The first kappa shape index (κ1) is 15.3. The van der Waals surface area contributed by atoms with E-state index in [-0.39, 0.29) is 12.1 Å². The Hall–Kier alpha value is 0.270. The van der Waals surface area contributed by atoms with Gasteiger partial charge in [0.25, 0.3) is 0 Å². The van der Waals surface area contributed by atoms with Crippen molar-refractivity contribution in [3.05, 3.63) is 0 Å². The zero-order valence-electron chi connectivity index (χ0n) is 10.3. The molecule has 0 saturated heterocycles. The Kier molecular flexibility index (Phi) is 9.66. The topological polar surface area (TPSA) is 46.2 Å². The average molecular weight is 233 g/mol. The molecule has 1 atom stereocenters. The van der Waals surface area contributed by atoms with Crippen LogP contribution < -0.4 is 5.73 Å². The van der Waals surface area contributed by atoms with Crippen LogP contribution in [0.1, 0.15) is 52.4 Å². The normalized spacial score (nSPS) is 15.2. The highest BCUT2D eigenvalue weighted by molar-refractivity contribution is 7.99. The van der Waals surface area contributed by atoms with Gasteiger partial charge in [-0.3, -0.25) is 0 Å². The minimum atomic E-state index is -0.368. The molecular weight excluding hydrogens is 206 g/mol. The summed E-state index contributed by atoms with van der Waals surface area (Å²) in [5.74, 6) is 2.54. The Morgan fingerprint density at radius 1 is 1.13 bits per heavy atom. The van der Waals surface area contributed by atoms with Gasteiger partial charge in [0.15, 0.2) is 0 Å². The fourth-order valence-electron chi connectivity index (χ4n) is 1.37. The molecule has 0 bridgehead atoms. The quantitative estimate of drug-likeness (QED) is 0.570. The highest BCUT2D eigenvalue weighted by atomic mass is 32.2. The van der Waals surface area contributed by atoms with Crippen LogP contribution in [-0.2, 0) is 0 Å². The van der Waals surface area contributed by atoms with Crippen molar-refractivity contribution in [2.45, 2.75) is 57.9 Å². The summed E-state index contributed by atoms with van der Waals surface area (Å²) in [5, 5.41) is 8.96. The van der Waals surface area contributed by atoms with Gasteiger partial charge >= 0.3 is 0 Å². The van der Waals surface area contributed by atoms with E-state index in [0.717, 1.165) is 12.8 Å². The van der Waals surface area contributed by atoms with Crippen molar-refractivity contribution < 1.29 is 5.11 Å². The van der Waals surface area contributed by atoms with Gasteiger partial charge in [0.05, 0.1) is 6.61 Å². The second-order valence-corrected chi connectivity index (χ2v) is 5.81. The molecule has 15 heavy (non-hydrogen) atoms. The number of rotatable bonds is 10. The Bertz CT molecular complexity index is 140. The minimum Gasteiger partial charge on any atom is -0.394 e. The molecule has 92 valence electrons. The molecule has 0 aliphatic heterocycles. The van der Waals surface area contributed by atoms with E-state index in [0.29, 0.717) is 0 Å². The van der Waals surface area contributed by atoms with Gasteiger partial charge in [-0.2, -0.15) is 11.8 Å². The Balaban J connectivity index is 3.11. The lowest BCUT2D eigenvalue weighted by atomic mass is 9.98. The van der Waals surface area contributed by atoms with Crippen LogP contribution >= 0.6 is 11.8 Å². The van der Waals surface area contributed by atoms with Gasteiger partial charge < -0.3 is 10.8 Å². The fourth-order valence-corrected chi connectivity index (χ4v) is 2.39. The van der Waals surface area contributed by atoms with Gasteiger partial charge in [0.1, 0.15) is 0 Å². The monoisotopic (exact) mass is 233 g/mol. The van der Waals surface area contributed by atoms with Crippen LogP contribution in [0.2, 0.25) is 0 Å². The SMILES string of the molecule is CCCCCSCCCCC(C)(N)CO. The zero-order chi connectivity index (χ0) is 11.6. The van der Waals surface area contributed by atoms with Gasteiger partial charge in [-0.15, -0.1) is 0 Å². The fraction of sp³-hybridized carbons (Fsp3) is 1.00. The van der Waals surface area contributed by atoms with Gasteiger partial charge in [-0.05, 0) is 37.7 Å². The average Bonchev–Trinajstić information content (AvgIpc) is 2.22. The summed E-state index contributed by atoms with van der Waals surface area (Å²) in [6, 6.07) is 0. The number of unbranched alkanes of at least 4 members (excludes halogenated alkanes) is 3. The van der Waals surface area contributed by atoms with Crippen LogP contribution in [0.4, 0.5) is 0 Å².